The van der Waals surface area contributed by atoms with Gasteiger partial charge in [0.1, 0.15) is 5.60 Å². The van der Waals surface area contributed by atoms with Gasteiger partial charge in [0.05, 0.1) is 19.3 Å². The van der Waals surface area contributed by atoms with Crippen LogP contribution in [0.15, 0.2) is 30.3 Å². The first kappa shape index (κ1) is 23.5. The Morgan fingerprint density at radius 3 is 2.55 bits per heavy atom. The van der Waals surface area contributed by atoms with Crippen LogP contribution in [0, 0.1) is 0 Å². The number of amides is 2. The van der Waals surface area contributed by atoms with Crippen molar-refractivity contribution in [1.29, 1.82) is 0 Å². The number of ether oxygens (including phenoxy) is 2. The SMILES string of the molecule is CC(C)(C)OC(=O)N1CCC[C@H]1CCC(=O)NC[C@H](c1ccccc1)N1CCOCC1. The Kier molecular flexibility index (Phi) is 8.32. The Bertz CT molecular complexity index is 713. The van der Waals surface area contributed by atoms with Crippen molar-refractivity contribution < 1.29 is 19.1 Å². The molecule has 172 valence electrons. The molecular weight excluding hydrogens is 394 g/mol. The number of hydrogen-bond acceptors (Lipinski definition) is 5. The van der Waals surface area contributed by atoms with Crippen molar-refractivity contribution in [2.75, 3.05) is 39.4 Å². The van der Waals surface area contributed by atoms with Crippen molar-refractivity contribution in [3.63, 3.8) is 0 Å². The van der Waals surface area contributed by atoms with E-state index in [4.69, 9.17) is 9.47 Å². The van der Waals surface area contributed by atoms with Gasteiger partial charge >= 0.3 is 6.09 Å². The molecule has 0 radical (unpaired) electrons. The maximum atomic E-state index is 12.6. The lowest BCUT2D eigenvalue weighted by atomic mass is 10.0. The second-order valence-corrected chi connectivity index (χ2v) is 9.39. The van der Waals surface area contributed by atoms with E-state index in [0.717, 1.165) is 39.1 Å². The minimum atomic E-state index is -0.506. The van der Waals surface area contributed by atoms with Crippen molar-refractivity contribution in [3.05, 3.63) is 35.9 Å². The molecule has 31 heavy (non-hydrogen) atoms. The van der Waals surface area contributed by atoms with Crippen LogP contribution in [0.3, 0.4) is 0 Å². The summed E-state index contributed by atoms with van der Waals surface area (Å²) in [5, 5.41) is 3.13. The maximum absolute atomic E-state index is 12.6. The van der Waals surface area contributed by atoms with Crippen LogP contribution in [0.4, 0.5) is 4.79 Å². The second-order valence-electron chi connectivity index (χ2n) is 9.39. The number of benzene rings is 1. The molecule has 2 amide bonds. The molecule has 7 nitrogen and oxygen atoms in total. The molecule has 0 aromatic heterocycles. The predicted molar refractivity (Wildman–Crippen MR) is 120 cm³/mol. The van der Waals surface area contributed by atoms with Crippen molar-refractivity contribution in [2.24, 2.45) is 0 Å². The zero-order valence-corrected chi connectivity index (χ0v) is 19.1. The largest absolute Gasteiger partial charge is 0.444 e. The third-order valence-corrected chi connectivity index (χ3v) is 5.87. The molecule has 2 heterocycles. The van der Waals surface area contributed by atoms with Gasteiger partial charge in [-0.3, -0.25) is 9.69 Å². The molecular formula is C24H37N3O4. The quantitative estimate of drug-likeness (QED) is 0.717. The molecule has 0 unspecified atom stereocenters. The van der Waals surface area contributed by atoms with Crippen molar-refractivity contribution >= 4 is 12.0 Å². The van der Waals surface area contributed by atoms with E-state index in [1.54, 1.807) is 4.90 Å². The lowest BCUT2D eigenvalue weighted by Gasteiger charge is -2.35. The minimum Gasteiger partial charge on any atom is -0.444 e. The fraction of sp³-hybridized carbons (Fsp3) is 0.667. The molecule has 2 fully saturated rings. The van der Waals surface area contributed by atoms with Gasteiger partial charge in [0.25, 0.3) is 0 Å². The molecule has 0 saturated carbocycles. The number of hydrogen-bond donors (Lipinski definition) is 1. The normalized spacial score (nSPS) is 21.0. The first-order valence-electron chi connectivity index (χ1n) is 11.5. The minimum absolute atomic E-state index is 0.0326. The molecule has 1 N–H and O–H groups in total. The molecule has 3 rings (SSSR count). The van der Waals surface area contributed by atoms with E-state index in [1.807, 2.05) is 39.0 Å². The van der Waals surface area contributed by atoms with Gasteiger partial charge in [0, 0.05) is 38.6 Å². The monoisotopic (exact) mass is 431 g/mol. The predicted octanol–water partition coefficient (Wildman–Crippen LogP) is 3.36. The zero-order chi connectivity index (χ0) is 22.3. The van der Waals surface area contributed by atoms with E-state index in [-0.39, 0.29) is 24.1 Å². The molecule has 1 aromatic rings. The smallest absolute Gasteiger partial charge is 0.410 e. The Hall–Kier alpha value is -2.12. The number of morpholine rings is 1. The highest BCUT2D eigenvalue weighted by Gasteiger charge is 2.32. The number of carbonyl (C=O) groups is 2. The average molecular weight is 432 g/mol. The van der Waals surface area contributed by atoms with Crippen LogP contribution >= 0.6 is 0 Å². The van der Waals surface area contributed by atoms with E-state index >= 15 is 0 Å². The summed E-state index contributed by atoms with van der Waals surface area (Å²) in [6, 6.07) is 10.5. The molecule has 0 bridgehead atoms. The first-order valence-corrected chi connectivity index (χ1v) is 11.5. The van der Waals surface area contributed by atoms with E-state index in [0.29, 0.717) is 25.9 Å². The van der Waals surface area contributed by atoms with Crippen molar-refractivity contribution in [1.82, 2.24) is 15.1 Å². The Morgan fingerprint density at radius 1 is 1.16 bits per heavy atom. The van der Waals surface area contributed by atoms with Gasteiger partial charge in [-0.05, 0) is 45.6 Å². The average Bonchev–Trinajstić information content (AvgIpc) is 3.22. The molecule has 2 aliphatic rings. The van der Waals surface area contributed by atoms with Crippen LogP contribution in [0.25, 0.3) is 0 Å². The van der Waals surface area contributed by atoms with Gasteiger partial charge in [0.2, 0.25) is 5.91 Å². The summed E-state index contributed by atoms with van der Waals surface area (Å²) in [5.74, 6) is 0.0326. The summed E-state index contributed by atoms with van der Waals surface area (Å²) in [6.45, 7) is 10.1. The molecule has 2 saturated heterocycles. The van der Waals surface area contributed by atoms with E-state index in [9.17, 15) is 9.59 Å². The van der Waals surface area contributed by atoms with Gasteiger partial charge in [-0.2, -0.15) is 0 Å². The van der Waals surface area contributed by atoms with E-state index in [2.05, 4.69) is 22.3 Å². The lowest BCUT2D eigenvalue weighted by Crippen LogP contribution is -2.44. The standard InChI is InChI=1S/C24H37N3O4/c1-24(2,3)31-23(29)27-13-7-10-20(27)11-12-22(28)25-18-21(19-8-5-4-6-9-19)26-14-16-30-17-15-26/h4-6,8-9,20-21H,7,10-18H2,1-3H3,(H,25,28)/t20-,21+/m0/s1. The van der Waals surface area contributed by atoms with Crippen LogP contribution < -0.4 is 5.32 Å². The molecule has 2 aliphatic heterocycles. The van der Waals surface area contributed by atoms with Crippen molar-refractivity contribution in [2.45, 2.75) is 64.1 Å². The highest BCUT2D eigenvalue weighted by atomic mass is 16.6. The summed E-state index contributed by atoms with van der Waals surface area (Å²) in [4.78, 5) is 29.3. The summed E-state index contributed by atoms with van der Waals surface area (Å²) in [6.07, 6.45) is 2.69. The molecule has 0 spiro atoms. The Labute approximate surface area is 186 Å². The van der Waals surface area contributed by atoms with Crippen LogP contribution in [0.5, 0.6) is 0 Å². The van der Waals surface area contributed by atoms with Gasteiger partial charge in [-0.25, -0.2) is 4.79 Å². The van der Waals surface area contributed by atoms with Crippen LogP contribution in [0.2, 0.25) is 0 Å². The van der Waals surface area contributed by atoms with Gasteiger partial charge in [-0.15, -0.1) is 0 Å². The number of nitrogens with zero attached hydrogens (tertiary/aromatic N) is 2. The summed E-state index contributed by atoms with van der Waals surface area (Å²) < 4.78 is 11.0. The van der Waals surface area contributed by atoms with Crippen LogP contribution in [-0.2, 0) is 14.3 Å². The Balaban J connectivity index is 1.50. The summed E-state index contributed by atoms with van der Waals surface area (Å²) in [7, 11) is 0. The molecule has 1 aromatic carbocycles. The number of nitrogens with one attached hydrogen (secondary N) is 1. The number of carbonyl (C=O) groups excluding carboxylic acids is 2. The Morgan fingerprint density at radius 2 is 1.87 bits per heavy atom. The summed E-state index contributed by atoms with van der Waals surface area (Å²) in [5.41, 5.74) is 0.699. The first-order chi connectivity index (χ1) is 14.8. The molecule has 2 atom stereocenters. The highest BCUT2D eigenvalue weighted by molar-refractivity contribution is 5.76. The van der Waals surface area contributed by atoms with Gasteiger partial charge in [0.15, 0.2) is 0 Å². The summed E-state index contributed by atoms with van der Waals surface area (Å²) >= 11 is 0. The van der Waals surface area contributed by atoms with E-state index < -0.39 is 5.60 Å². The fourth-order valence-electron chi connectivity index (χ4n) is 4.32. The lowest BCUT2D eigenvalue weighted by molar-refractivity contribution is -0.121. The zero-order valence-electron chi connectivity index (χ0n) is 19.1. The maximum Gasteiger partial charge on any atom is 0.410 e. The van der Waals surface area contributed by atoms with Crippen LogP contribution in [-0.4, -0.2) is 72.8 Å². The highest BCUT2D eigenvalue weighted by Crippen LogP contribution is 2.24. The fourth-order valence-corrected chi connectivity index (χ4v) is 4.32. The van der Waals surface area contributed by atoms with E-state index in [1.165, 1.54) is 5.56 Å². The third-order valence-electron chi connectivity index (χ3n) is 5.87. The molecule has 7 heteroatoms. The van der Waals surface area contributed by atoms with Crippen molar-refractivity contribution in [3.8, 4) is 0 Å². The van der Waals surface area contributed by atoms with Gasteiger partial charge < -0.3 is 19.7 Å². The molecule has 0 aliphatic carbocycles. The third kappa shape index (κ3) is 7.21. The number of rotatable bonds is 7. The second kappa shape index (κ2) is 11.0. The topological polar surface area (TPSA) is 71.1 Å². The van der Waals surface area contributed by atoms with Crippen LogP contribution in [0.1, 0.15) is 58.1 Å². The van der Waals surface area contributed by atoms with Gasteiger partial charge in [-0.1, -0.05) is 30.3 Å². The number of likely N-dealkylation sites (tertiary alicyclic amines) is 1.